The minimum atomic E-state index is -0.519. The molecule has 5 heteroatoms. The number of hydrogen-bond donors (Lipinski definition) is 0. The van der Waals surface area contributed by atoms with E-state index in [4.69, 9.17) is 0 Å². The second-order valence-corrected chi connectivity index (χ2v) is 6.99. The molecule has 0 aliphatic carbocycles. The molecule has 0 N–H and O–H groups in total. The van der Waals surface area contributed by atoms with Crippen molar-refractivity contribution in [2.75, 3.05) is 13.6 Å². The number of halogens is 1. The van der Waals surface area contributed by atoms with E-state index in [1.54, 1.807) is 30.1 Å². The molecule has 3 rings (SSSR count). The van der Waals surface area contributed by atoms with Gasteiger partial charge in [0.25, 0.3) is 0 Å². The number of piperidine rings is 2. The largest absolute Gasteiger partial charge is 0.340 e. The molecule has 0 radical (unpaired) electrons. The molecule has 0 saturated carbocycles. The molecule has 24 heavy (non-hydrogen) atoms. The molecule has 2 fully saturated rings. The zero-order valence-corrected chi connectivity index (χ0v) is 14.4. The third kappa shape index (κ3) is 3.04. The maximum atomic E-state index is 14.4. The molecule has 4 nitrogen and oxygen atoms in total. The number of nitrogens with zero attached hydrogens (tertiary/aromatic N) is 2. The van der Waals surface area contributed by atoms with Crippen LogP contribution in [0.4, 0.5) is 4.39 Å². The monoisotopic (exact) mass is 332 g/mol. The van der Waals surface area contributed by atoms with Gasteiger partial charge >= 0.3 is 0 Å². The molecule has 2 aliphatic heterocycles. The Morgan fingerprint density at radius 2 is 1.96 bits per heavy atom. The number of carbonyl (C=O) groups excluding carboxylic acids is 2. The van der Waals surface area contributed by atoms with Gasteiger partial charge in [0.1, 0.15) is 5.82 Å². The van der Waals surface area contributed by atoms with E-state index in [1.165, 1.54) is 6.07 Å². The van der Waals surface area contributed by atoms with Gasteiger partial charge in [0, 0.05) is 31.6 Å². The first-order valence-electron chi connectivity index (χ1n) is 8.81. The second-order valence-electron chi connectivity index (χ2n) is 6.99. The lowest BCUT2D eigenvalue weighted by Gasteiger charge is -2.43. The molecule has 3 atom stereocenters. The first kappa shape index (κ1) is 16.9. The average molecular weight is 332 g/mol. The Bertz CT molecular complexity index is 634. The van der Waals surface area contributed by atoms with Crippen LogP contribution < -0.4 is 0 Å². The lowest BCUT2D eigenvalue weighted by Crippen LogP contribution is -2.51. The van der Waals surface area contributed by atoms with E-state index in [1.807, 2.05) is 4.90 Å². The molecule has 0 aromatic heterocycles. The van der Waals surface area contributed by atoms with Gasteiger partial charge in [0.2, 0.25) is 11.8 Å². The van der Waals surface area contributed by atoms with Gasteiger partial charge in [-0.2, -0.15) is 0 Å². The standard InChI is InChI=1S/C19H25FN2O2/c1-13-7-5-6-12-22(13)19(24)15-10-11-17(23)21(2)18(15)14-8-3-4-9-16(14)20/h3-4,8-9,13,15,18H,5-7,10-12H2,1-2H3. The number of carbonyl (C=O) groups is 2. The summed E-state index contributed by atoms with van der Waals surface area (Å²) in [5, 5.41) is 0. The summed E-state index contributed by atoms with van der Waals surface area (Å²) < 4.78 is 14.4. The molecule has 2 heterocycles. The Morgan fingerprint density at radius 3 is 2.67 bits per heavy atom. The van der Waals surface area contributed by atoms with E-state index in [9.17, 15) is 14.0 Å². The molecule has 2 amide bonds. The summed E-state index contributed by atoms with van der Waals surface area (Å²) in [5.41, 5.74) is 0.441. The molecule has 3 unspecified atom stereocenters. The van der Waals surface area contributed by atoms with Gasteiger partial charge in [-0.15, -0.1) is 0 Å². The minimum absolute atomic E-state index is 0.0287. The molecule has 0 bridgehead atoms. The maximum Gasteiger partial charge on any atom is 0.228 e. The van der Waals surface area contributed by atoms with Gasteiger partial charge in [-0.3, -0.25) is 9.59 Å². The first-order chi connectivity index (χ1) is 11.5. The van der Waals surface area contributed by atoms with Gasteiger partial charge in [-0.25, -0.2) is 4.39 Å². The molecule has 2 aliphatic rings. The van der Waals surface area contributed by atoms with Crippen LogP contribution in [0.25, 0.3) is 0 Å². The second kappa shape index (κ2) is 6.91. The third-order valence-electron chi connectivity index (χ3n) is 5.49. The summed E-state index contributed by atoms with van der Waals surface area (Å²) in [5.74, 6) is -0.688. The fourth-order valence-corrected chi connectivity index (χ4v) is 4.08. The smallest absolute Gasteiger partial charge is 0.228 e. The number of rotatable bonds is 2. The lowest BCUT2D eigenvalue weighted by molar-refractivity contribution is -0.148. The Morgan fingerprint density at radius 1 is 1.21 bits per heavy atom. The Balaban J connectivity index is 1.93. The van der Waals surface area contributed by atoms with E-state index in [-0.39, 0.29) is 29.6 Å². The quantitative estimate of drug-likeness (QED) is 0.835. The van der Waals surface area contributed by atoms with Gasteiger partial charge in [0.05, 0.1) is 12.0 Å². The van der Waals surface area contributed by atoms with E-state index < -0.39 is 6.04 Å². The summed E-state index contributed by atoms with van der Waals surface area (Å²) in [6.45, 7) is 2.84. The van der Waals surface area contributed by atoms with Crippen molar-refractivity contribution in [3.63, 3.8) is 0 Å². The Hall–Kier alpha value is -1.91. The van der Waals surface area contributed by atoms with Crippen molar-refractivity contribution in [3.8, 4) is 0 Å². The van der Waals surface area contributed by atoms with Gasteiger partial charge in [0.15, 0.2) is 0 Å². The maximum absolute atomic E-state index is 14.4. The Labute approximate surface area is 142 Å². The van der Waals surface area contributed by atoms with Gasteiger partial charge < -0.3 is 9.80 Å². The highest BCUT2D eigenvalue weighted by Crippen LogP contribution is 2.38. The number of hydrogen-bond acceptors (Lipinski definition) is 2. The molecular formula is C19H25FN2O2. The molecule has 1 aromatic rings. The number of benzene rings is 1. The molecule has 2 saturated heterocycles. The highest BCUT2D eigenvalue weighted by atomic mass is 19.1. The van der Waals surface area contributed by atoms with Crippen LogP contribution in [0.1, 0.15) is 50.6 Å². The molecular weight excluding hydrogens is 307 g/mol. The predicted molar refractivity (Wildman–Crippen MR) is 89.7 cm³/mol. The van der Waals surface area contributed by atoms with Crippen molar-refractivity contribution >= 4 is 11.8 Å². The van der Waals surface area contributed by atoms with Crippen molar-refractivity contribution in [2.45, 2.75) is 51.1 Å². The van der Waals surface area contributed by atoms with Crippen LogP contribution in [0, 0.1) is 11.7 Å². The lowest BCUT2D eigenvalue weighted by atomic mass is 9.82. The number of amides is 2. The van der Waals surface area contributed by atoms with Crippen LogP contribution in [0.15, 0.2) is 24.3 Å². The fraction of sp³-hybridized carbons (Fsp3) is 0.579. The molecule has 130 valence electrons. The van der Waals surface area contributed by atoms with Crippen LogP contribution in [0.2, 0.25) is 0 Å². The summed E-state index contributed by atoms with van der Waals surface area (Å²) in [6, 6.07) is 6.18. The summed E-state index contributed by atoms with van der Waals surface area (Å²) in [4.78, 5) is 28.8. The van der Waals surface area contributed by atoms with E-state index >= 15 is 0 Å². The minimum Gasteiger partial charge on any atom is -0.340 e. The van der Waals surface area contributed by atoms with Crippen LogP contribution in [-0.4, -0.2) is 41.2 Å². The predicted octanol–water partition coefficient (Wildman–Crippen LogP) is 3.14. The normalized spacial score (nSPS) is 28.1. The van der Waals surface area contributed by atoms with E-state index in [0.717, 1.165) is 25.8 Å². The zero-order valence-electron chi connectivity index (χ0n) is 14.4. The Kier molecular flexibility index (Phi) is 4.88. The van der Waals surface area contributed by atoms with Gasteiger partial charge in [-0.1, -0.05) is 18.2 Å². The SMILES string of the molecule is CC1CCCCN1C(=O)C1CCC(=O)N(C)C1c1ccccc1F. The van der Waals surface area contributed by atoms with Crippen molar-refractivity contribution in [3.05, 3.63) is 35.6 Å². The highest BCUT2D eigenvalue weighted by molar-refractivity contribution is 5.85. The van der Waals surface area contributed by atoms with Crippen molar-refractivity contribution in [1.82, 2.24) is 9.80 Å². The van der Waals surface area contributed by atoms with Gasteiger partial charge in [-0.05, 0) is 38.7 Å². The first-order valence-corrected chi connectivity index (χ1v) is 8.81. The average Bonchev–Trinajstić information content (AvgIpc) is 2.58. The van der Waals surface area contributed by atoms with Crippen LogP contribution in [-0.2, 0) is 9.59 Å². The zero-order chi connectivity index (χ0) is 17.3. The van der Waals surface area contributed by atoms with Crippen molar-refractivity contribution in [1.29, 1.82) is 0 Å². The third-order valence-corrected chi connectivity index (χ3v) is 5.49. The fourth-order valence-electron chi connectivity index (χ4n) is 4.08. The summed E-state index contributed by atoms with van der Waals surface area (Å²) >= 11 is 0. The molecule has 1 aromatic carbocycles. The molecule has 0 spiro atoms. The topological polar surface area (TPSA) is 40.6 Å². The summed E-state index contributed by atoms with van der Waals surface area (Å²) in [7, 11) is 1.68. The van der Waals surface area contributed by atoms with Crippen molar-refractivity contribution in [2.24, 2.45) is 5.92 Å². The van der Waals surface area contributed by atoms with Crippen LogP contribution in [0.3, 0.4) is 0 Å². The highest BCUT2D eigenvalue weighted by Gasteiger charge is 2.42. The van der Waals surface area contributed by atoms with Crippen LogP contribution in [0.5, 0.6) is 0 Å². The van der Waals surface area contributed by atoms with Crippen molar-refractivity contribution < 1.29 is 14.0 Å². The summed E-state index contributed by atoms with van der Waals surface area (Å²) in [6.07, 6.45) is 4.01. The van der Waals surface area contributed by atoms with E-state index in [2.05, 4.69) is 6.92 Å². The number of likely N-dealkylation sites (tertiary alicyclic amines) is 2. The van der Waals surface area contributed by atoms with E-state index in [0.29, 0.717) is 18.4 Å². The van der Waals surface area contributed by atoms with Crippen LogP contribution >= 0.6 is 0 Å².